The molecule has 2 aromatic heterocycles. The van der Waals surface area contributed by atoms with Crippen LogP contribution in [0.4, 0.5) is 11.6 Å². The van der Waals surface area contributed by atoms with Crippen LogP contribution in [0.2, 0.25) is 0 Å². The Kier molecular flexibility index (Phi) is 6.67. The Hall–Kier alpha value is -3.27. The molecule has 0 radical (unpaired) electrons. The Labute approximate surface area is 215 Å². The van der Waals surface area contributed by atoms with Gasteiger partial charge in [-0.1, -0.05) is 24.3 Å². The molecular weight excluding hydrogens is 470 g/mol. The van der Waals surface area contributed by atoms with E-state index >= 15 is 0 Å². The summed E-state index contributed by atoms with van der Waals surface area (Å²) in [6.45, 7) is 8.01. The van der Waals surface area contributed by atoms with Crippen LogP contribution in [0.3, 0.4) is 0 Å². The van der Waals surface area contributed by atoms with E-state index in [1.807, 2.05) is 13.0 Å². The number of aryl methyl sites for hydroxylation is 1. The molecule has 2 aliphatic heterocycles. The van der Waals surface area contributed by atoms with Gasteiger partial charge in [-0.25, -0.2) is 15.0 Å². The van der Waals surface area contributed by atoms with Crippen molar-refractivity contribution in [3.05, 3.63) is 53.7 Å². The highest BCUT2D eigenvalue weighted by Gasteiger charge is 2.20. The van der Waals surface area contributed by atoms with Gasteiger partial charge in [0, 0.05) is 61.4 Å². The standard InChI is InChI=1S/C27H31N7OS/c1-18-31-26(25(36-18)22-10-12-30-27(33-22)32-19-5-4-11-29-17-19)35-24-9-8-23(34-15-13-28-14-16-34)20-6-2-3-7-21(20)24/h2-3,6-10,12,19,28-29H,4-5,11,13-17H2,1H3,(H,30,32,33). The van der Waals surface area contributed by atoms with Crippen LogP contribution in [0.15, 0.2) is 48.7 Å². The number of piperidine rings is 1. The lowest BCUT2D eigenvalue weighted by atomic mass is 10.1. The molecule has 186 valence electrons. The molecule has 2 aliphatic rings. The van der Waals surface area contributed by atoms with Gasteiger partial charge in [-0.3, -0.25) is 0 Å². The lowest BCUT2D eigenvalue weighted by molar-refractivity contribution is 0.472. The number of aromatic nitrogens is 3. The Morgan fingerprint density at radius 3 is 2.69 bits per heavy atom. The van der Waals surface area contributed by atoms with E-state index in [9.17, 15) is 0 Å². The maximum atomic E-state index is 6.51. The molecule has 8 nitrogen and oxygen atoms in total. The van der Waals surface area contributed by atoms with E-state index in [-0.39, 0.29) is 0 Å². The first-order valence-electron chi connectivity index (χ1n) is 12.7. The Morgan fingerprint density at radius 1 is 1.00 bits per heavy atom. The lowest BCUT2D eigenvalue weighted by Crippen LogP contribution is -2.43. The molecule has 36 heavy (non-hydrogen) atoms. The molecule has 0 saturated carbocycles. The van der Waals surface area contributed by atoms with Gasteiger partial charge in [0.1, 0.15) is 10.6 Å². The smallest absolute Gasteiger partial charge is 0.240 e. The zero-order chi connectivity index (χ0) is 24.3. The van der Waals surface area contributed by atoms with Crippen LogP contribution >= 0.6 is 11.3 Å². The van der Waals surface area contributed by atoms with Gasteiger partial charge in [0.15, 0.2) is 0 Å². The molecule has 1 atom stereocenters. The molecule has 6 rings (SSSR count). The third kappa shape index (κ3) is 4.86. The number of anilines is 2. The molecule has 2 saturated heterocycles. The lowest BCUT2D eigenvalue weighted by Gasteiger charge is -2.30. The maximum Gasteiger partial charge on any atom is 0.240 e. The van der Waals surface area contributed by atoms with Gasteiger partial charge in [-0.15, -0.1) is 11.3 Å². The van der Waals surface area contributed by atoms with Crippen molar-refractivity contribution < 1.29 is 4.74 Å². The average molecular weight is 502 g/mol. The number of thiazole rings is 1. The Bertz CT molecular complexity index is 1350. The minimum atomic E-state index is 0.341. The molecule has 9 heteroatoms. The second-order valence-electron chi connectivity index (χ2n) is 9.29. The fourth-order valence-corrected chi connectivity index (χ4v) is 5.80. The minimum absolute atomic E-state index is 0.341. The second kappa shape index (κ2) is 10.4. The van der Waals surface area contributed by atoms with Gasteiger partial charge >= 0.3 is 0 Å². The highest BCUT2D eigenvalue weighted by Crippen LogP contribution is 2.41. The molecule has 1 unspecified atom stereocenters. The van der Waals surface area contributed by atoms with E-state index < -0.39 is 0 Å². The van der Waals surface area contributed by atoms with Crippen molar-refractivity contribution in [3.8, 4) is 22.2 Å². The predicted molar refractivity (Wildman–Crippen MR) is 146 cm³/mol. The van der Waals surface area contributed by atoms with Gasteiger partial charge in [-0.2, -0.15) is 0 Å². The molecule has 0 bridgehead atoms. The molecule has 4 aromatic rings. The summed E-state index contributed by atoms with van der Waals surface area (Å²) in [4.78, 5) is 17.4. The van der Waals surface area contributed by atoms with Crippen molar-refractivity contribution in [3.63, 3.8) is 0 Å². The van der Waals surface area contributed by atoms with E-state index in [0.717, 1.165) is 78.8 Å². The summed E-state index contributed by atoms with van der Waals surface area (Å²) in [5.41, 5.74) is 2.07. The topological polar surface area (TPSA) is 87.2 Å². The van der Waals surface area contributed by atoms with Crippen molar-refractivity contribution in [2.24, 2.45) is 0 Å². The number of nitrogens with one attached hydrogen (secondary N) is 3. The summed E-state index contributed by atoms with van der Waals surface area (Å²) in [5.74, 6) is 2.03. The van der Waals surface area contributed by atoms with E-state index in [4.69, 9.17) is 14.7 Å². The third-order valence-electron chi connectivity index (χ3n) is 6.75. The predicted octanol–water partition coefficient (Wildman–Crippen LogP) is 4.43. The second-order valence-corrected chi connectivity index (χ2v) is 10.5. The van der Waals surface area contributed by atoms with Crippen LogP contribution in [0.25, 0.3) is 21.3 Å². The molecular formula is C27H31N7OS. The summed E-state index contributed by atoms with van der Waals surface area (Å²) in [6, 6.07) is 15.0. The number of fused-ring (bicyclic) bond motifs is 1. The Morgan fingerprint density at radius 2 is 1.86 bits per heavy atom. The summed E-state index contributed by atoms with van der Waals surface area (Å²) in [7, 11) is 0. The van der Waals surface area contributed by atoms with Crippen molar-refractivity contribution in [2.45, 2.75) is 25.8 Å². The van der Waals surface area contributed by atoms with Gasteiger partial charge in [0.05, 0.1) is 10.7 Å². The van der Waals surface area contributed by atoms with Gasteiger partial charge < -0.3 is 25.6 Å². The van der Waals surface area contributed by atoms with E-state index in [1.54, 1.807) is 17.5 Å². The first kappa shape index (κ1) is 23.1. The molecule has 2 fully saturated rings. The van der Waals surface area contributed by atoms with Crippen molar-refractivity contribution in [1.29, 1.82) is 0 Å². The number of benzene rings is 2. The normalized spacial score (nSPS) is 18.4. The molecule has 0 aliphatic carbocycles. The van der Waals surface area contributed by atoms with E-state index in [1.165, 1.54) is 11.1 Å². The molecule has 2 aromatic carbocycles. The van der Waals surface area contributed by atoms with Crippen LogP contribution in [0.5, 0.6) is 11.6 Å². The first-order valence-corrected chi connectivity index (χ1v) is 13.5. The highest BCUT2D eigenvalue weighted by molar-refractivity contribution is 7.15. The molecule has 3 N–H and O–H groups in total. The summed E-state index contributed by atoms with van der Waals surface area (Å²) in [6.07, 6.45) is 4.08. The molecule has 0 spiro atoms. The largest absolute Gasteiger partial charge is 0.437 e. The van der Waals surface area contributed by atoms with Crippen LogP contribution in [0.1, 0.15) is 17.8 Å². The summed E-state index contributed by atoms with van der Waals surface area (Å²) in [5, 5.41) is 13.6. The summed E-state index contributed by atoms with van der Waals surface area (Å²) >= 11 is 1.59. The Balaban J connectivity index is 1.31. The molecule has 4 heterocycles. The SMILES string of the molecule is Cc1nc(Oc2ccc(N3CCNCC3)c3ccccc23)c(-c2ccnc(NC3CCCNC3)n2)s1. The van der Waals surface area contributed by atoms with Crippen molar-refractivity contribution >= 4 is 33.7 Å². The van der Waals surface area contributed by atoms with Crippen LogP contribution < -0.4 is 25.6 Å². The third-order valence-corrected chi connectivity index (χ3v) is 7.72. The average Bonchev–Trinajstić information content (AvgIpc) is 3.30. The maximum absolute atomic E-state index is 6.51. The number of nitrogens with zero attached hydrogens (tertiary/aromatic N) is 4. The number of hydrogen-bond acceptors (Lipinski definition) is 9. The number of ether oxygens (including phenoxy) is 1. The van der Waals surface area contributed by atoms with Crippen LogP contribution in [-0.4, -0.2) is 60.3 Å². The number of hydrogen-bond donors (Lipinski definition) is 3. The van der Waals surface area contributed by atoms with E-state index in [2.05, 4.69) is 62.2 Å². The van der Waals surface area contributed by atoms with Gasteiger partial charge in [0.2, 0.25) is 11.8 Å². The summed E-state index contributed by atoms with van der Waals surface area (Å²) < 4.78 is 6.51. The number of rotatable bonds is 6. The van der Waals surface area contributed by atoms with Crippen molar-refractivity contribution in [1.82, 2.24) is 25.6 Å². The zero-order valence-electron chi connectivity index (χ0n) is 20.5. The molecule has 0 amide bonds. The van der Waals surface area contributed by atoms with E-state index in [0.29, 0.717) is 17.9 Å². The highest BCUT2D eigenvalue weighted by atomic mass is 32.1. The van der Waals surface area contributed by atoms with Gasteiger partial charge in [0.25, 0.3) is 0 Å². The van der Waals surface area contributed by atoms with Crippen LogP contribution in [-0.2, 0) is 0 Å². The fraction of sp³-hybridized carbons (Fsp3) is 0.370. The van der Waals surface area contributed by atoms with Gasteiger partial charge in [-0.05, 0) is 44.5 Å². The van der Waals surface area contributed by atoms with Crippen molar-refractivity contribution in [2.75, 3.05) is 49.5 Å². The quantitative estimate of drug-likeness (QED) is 0.358. The minimum Gasteiger partial charge on any atom is -0.437 e. The van der Waals surface area contributed by atoms with Crippen LogP contribution in [0, 0.1) is 6.92 Å². The monoisotopic (exact) mass is 501 g/mol. The first-order chi connectivity index (χ1) is 17.7. The number of piperazine rings is 1. The zero-order valence-corrected chi connectivity index (χ0v) is 21.3. The fourth-order valence-electron chi connectivity index (χ4n) is 4.98.